The average Bonchev–Trinajstić information content (AvgIpc) is 4.12. The maximum Gasteiger partial charge on any atom is 0.155 e. The molecule has 0 amide bonds. The summed E-state index contributed by atoms with van der Waals surface area (Å²) < 4.78 is 0. The Labute approximate surface area is 340 Å². The van der Waals surface area contributed by atoms with Gasteiger partial charge >= 0.3 is 0 Å². The third-order valence-corrected chi connectivity index (χ3v) is 11.8. The highest BCUT2D eigenvalue weighted by Crippen LogP contribution is 2.52. The molecule has 0 bridgehead atoms. The van der Waals surface area contributed by atoms with Crippen LogP contribution in [0.3, 0.4) is 0 Å². The maximum absolute atomic E-state index is 10.6. The van der Waals surface area contributed by atoms with Crippen LogP contribution in [0.5, 0.6) is 0 Å². The van der Waals surface area contributed by atoms with E-state index in [0.29, 0.717) is 23.2 Å². The van der Waals surface area contributed by atoms with E-state index in [2.05, 4.69) is 188 Å². The summed E-state index contributed by atoms with van der Waals surface area (Å²) in [5.41, 5.74) is 16.2. The lowest BCUT2D eigenvalue weighted by molar-refractivity contribution is 0.622. The Morgan fingerprint density at radius 1 is 0.517 bits per heavy atom. The SMILES string of the molecule is N#Cc1ccc(C2=NC(c3ccccc3)C3CC3C(c3ccccc3)=N2)cc1-c1cc(C2=CC=CCC2)cc(-c2cc(-c3ccccc3)cc(-c3ccccc3)c2)c1. The fraction of sp³-hybridized carbons (Fsp3) is 0.109. The molecule has 3 heteroatoms. The first-order valence-electron chi connectivity index (χ1n) is 20.3. The van der Waals surface area contributed by atoms with Crippen LogP contribution < -0.4 is 0 Å². The van der Waals surface area contributed by atoms with E-state index in [1.807, 2.05) is 12.1 Å². The molecule has 0 spiro atoms. The van der Waals surface area contributed by atoms with Gasteiger partial charge in [0.05, 0.1) is 23.4 Å². The maximum atomic E-state index is 10.6. The Morgan fingerprint density at radius 2 is 1.07 bits per heavy atom. The van der Waals surface area contributed by atoms with Crippen LogP contribution in [-0.2, 0) is 0 Å². The minimum Gasteiger partial charge on any atom is -0.258 e. The molecule has 3 nitrogen and oxygen atoms in total. The molecule has 58 heavy (non-hydrogen) atoms. The van der Waals surface area contributed by atoms with E-state index >= 15 is 0 Å². The van der Waals surface area contributed by atoms with Crippen LogP contribution in [0.1, 0.15) is 53.1 Å². The van der Waals surface area contributed by atoms with Gasteiger partial charge in [0.1, 0.15) is 0 Å². The fourth-order valence-electron chi connectivity index (χ4n) is 8.72. The van der Waals surface area contributed by atoms with Crippen molar-refractivity contribution in [2.75, 3.05) is 0 Å². The van der Waals surface area contributed by atoms with Crippen LogP contribution in [0, 0.1) is 23.2 Å². The Balaban J connectivity index is 1.15. The van der Waals surface area contributed by atoms with Crippen LogP contribution in [0.4, 0.5) is 0 Å². The number of rotatable bonds is 8. The summed E-state index contributed by atoms with van der Waals surface area (Å²) in [5.74, 6) is 1.45. The highest BCUT2D eigenvalue weighted by atomic mass is 15.0. The Kier molecular flexibility index (Phi) is 9.38. The van der Waals surface area contributed by atoms with Crippen LogP contribution in [0.2, 0.25) is 0 Å². The number of nitrogens with zero attached hydrogens (tertiary/aromatic N) is 3. The second kappa shape index (κ2) is 15.4. The van der Waals surface area contributed by atoms with Crippen molar-refractivity contribution in [2.24, 2.45) is 21.8 Å². The topological polar surface area (TPSA) is 48.5 Å². The zero-order valence-electron chi connectivity index (χ0n) is 32.2. The van der Waals surface area contributed by atoms with E-state index in [1.54, 1.807) is 0 Å². The zero-order chi connectivity index (χ0) is 38.8. The molecular formula is C55H41N3. The van der Waals surface area contributed by atoms with E-state index in [0.717, 1.165) is 75.0 Å². The molecule has 3 aliphatic rings. The number of amidine groups is 1. The van der Waals surface area contributed by atoms with Crippen molar-refractivity contribution in [3.8, 4) is 50.6 Å². The second-order valence-electron chi connectivity index (χ2n) is 15.5. The summed E-state index contributed by atoms with van der Waals surface area (Å²) in [6.45, 7) is 0. The quantitative estimate of drug-likeness (QED) is 0.153. The van der Waals surface area contributed by atoms with Crippen LogP contribution >= 0.6 is 0 Å². The zero-order valence-corrected chi connectivity index (χ0v) is 32.2. The number of allylic oxidation sites excluding steroid dienone is 4. The third kappa shape index (κ3) is 7.06. The molecule has 3 atom stereocenters. The van der Waals surface area contributed by atoms with E-state index < -0.39 is 0 Å². The van der Waals surface area contributed by atoms with Crippen molar-refractivity contribution in [3.05, 3.63) is 222 Å². The first-order chi connectivity index (χ1) is 28.7. The monoisotopic (exact) mass is 743 g/mol. The lowest BCUT2D eigenvalue weighted by Gasteiger charge is -2.17. The highest BCUT2D eigenvalue weighted by molar-refractivity contribution is 6.15. The Morgan fingerprint density at radius 3 is 1.67 bits per heavy atom. The summed E-state index contributed by atoms with van der Waals surface area (Å²) in [6.07, 6.45) is 9.65. The molecule has 0 radical (unpaired) electrons. The number of fused-ring (bicyclic) bond motifs is 1. The van der Waals surface area contributed by atoms with Crippen LogP contribution in [-0.4, -0.2) is 11.5 Å². The van der Waals surface area contributed by atoms with Crippen molar-refractivity contribution in [1.29, 1.82) is 5.26 Å². The third-order valence-electron chi connectivity index (χ3n) is 11.8. The number of benzene rings is 7. The Hall–Kier alpha value is -7.15. The second-order valence-corrected chi connectivity index (χ2v) is 15.5. The predicted octanol–water partition coefficient (Wildman–Crippen LogP) is 13.6. The molecule has 10 rings (SSSR count). The molecule has 7 aromatic rings. The summed E-state index contributed by atoms with van der Waals surface area (Å²) >= 11 is 0. The van der Waals surface area contributed by atoms with Crippen molar-refractivity contribution in [2.45, 2.75) is 25.3 Å². The molecule has 0 aromatic heterocycles. The average molecular weight is 744 g/mol. The van der Waals surface area contributed by atoms with Gasteiger partial charge in [0.25, 0.3) is 0 Å². The molecule has 1 saturated carbocycles. The molecule has 1 heterocycles. The van der Waals surface area contributed by atoms with Crippen LogP contribution in [0.25, 0.3) is 50.1 Å². The molecule has 276 valence electrons. The van der Waals surface area contributed by atoms with Crippen molar-refractivity contribution >= 4 is 17.1 Å². The van der Waals surface area contributed by atoms with Gasteiger partial charge in [0.2, 0.25) is 0 Å². The van der Waals surface area contributed by atoms with Gasteiger partial charge in [-0.25, -0.2) is 4.99 Å². The summed E-state index contributed by atoms with van der Waals surface area (Å²) in [4.78, 5) is 10.9. The molecule has 3 unspecified atom stereocenters. The fourth-order valence-corrected chi connectivity index (χ4v) is 8.72. The van der Waals surface area contributed by atoms with Gasteiger partial charge in [-0.2, -0.15) is 5.26 Å². The van der Waals surface area contributed by atoms with Gasteiger partial charge in [-0.15, -0.1) is 0 Å². The van der Waals surface area contributed by atoms with Gasteiger partial charge < -0.3 is 0 Å². The standard InChI is InChI=1S/C55H41N3/c56-36-43-27-26-42(55-57-53(40-22-12-4-13-23-40)51-35-52(51)54(58-55)41-24-14-5-15-25-41)34-50(43)49-32-46(39-20-10-3-11-21-39)31-48(33-49)47-29-44(37-16-6-1-7-17-37)28-45(30-47)38-18-8-2-9-19-38/h1-10,12-20,22-34,51-53H,11,21,35H2. The first-order valence-corrected chi connectivity index (χ1v) is 20.3. The van der Waals surface area contributed by atoms with Crippen molar-refractivity contribution in [3.63, 3.8) is 0 Å². The van der Waals surface area contributed by atoms with Gasteiger partial charge in [-0.1, -0.05) is 140 Å². The number of hydrogen-bond acceptors (Lipinski definition) is 3. The number of hydrogen-bond donors (Lipinski definition) is 0. The normalized spacial score (nSPS) is 18.2. The van der Waals surface area contributed by atoms with Crippen LogP contribution in [0.15, 0.2) is 204 Å². The van der Waals surface area contributed by atoms with Gasteiger partial charge in [0, 0.05) is 17.0 Å². The Bertz CT molecular complexity index is 2750. The molecule has 0 saturated heterocycles. The molecule has 0 N–H and O–H groups in total. The summed E-state index contributed by atoms with van der Waals surface area (Å²) in [5, 5.41) is 10.6. The van der Waals surface area contributed by atoms with Gasteiger partial charge in [-0.05, 0) is 141 Å². The van der Waals surface area contributed by atoms with Crippen molar-refractivity contribution < 1.29 is 0 Å². The van der Waals surface area contributed by atoms with Gasteiger partial charge in [-0.3, -0.25) is 4.99 Å². The number of nitriles is 1. The minimum atomic E-state index is 0.00202. The smallest absolute Gasteiger partial charge is 0.155 e. The largest absolute Gasteiger partial charge is 0.258 e. The van der Waals surface area contributed by atoms with E-state index in [4.69, 9.17) is 9.98 Å². The number of aliphatic imine (C=N–C) groups is 2. The molecule has 1 aliphatic heterocycles. The first kappa shape index (κ1) is 35.3. The summed E-state index contributed by atoms with van der Waals surface area (Å²) in [6, 6.07) is 64.8. The highest BCUT2D eigenvalue weighted by Gasteiger charge is 2.48. The molecule has 2 aliphatic carbocycles. The predicted molar refractivity (Wildman–Crippen MR) is 240 cm³/mol. The lowest BCUT2D eigenvalue weighted by Crippen LogP contribution is -2.08. The van der Waals surface area contributed by atoms with E-state index in [9.17, 15) is 5.26 Å². The molecule has 7 aromatic carbocycles. The molecular weight excluding hydrogens is 703 g/mol. The summed E-state index contributed by atoms with van der Waals surface area (Å²) in [7, 11) is 0. The lowest BCUT2D eigenvalue weighted by atomic mass is 9.87. The molecule has 1 fully saturated rings. The van der Waals surface area contributed by atoms with E-state index in [-0.39, 0.29) is 6.04 Å². The van der Waals surface area contributed by atoms with E-state index in [1.165, 1.54) is 22.3 Å². The minimum absolute atomic E-state index is 0.00202. The van der Waals surface area contributed by atoms with Gasteiger partial charge in [0.15, 0.2) is 5.84 Å². The van der Waals surface area contributed by atoms with Crippen molar-refractivity contribution in [1.82, 2.24) is 0 Å².